The average Bonchev–Trinajstić information content (AvgIpc) is 3.26. The summed E-state index contributed by atoms with van der Waals surface area (Å²) >= 11 is 0. The molecule has 5 heteroatoms. The molecule has 0 spiro atoms. The largest absolute Gasteiger partial charge is 0.343 e. The SMILES string of the molecule is CC1(C)CC(=O)C2=C(C1)Nc1c(c(-c3ccccc3)nn1-c1ccc(F)cc1)C2c1ccc(C(C)(C)C)cc1. The molecule has 0 radical (unpaired) electrons. The summed E-state index contributed by atoms with van der Waals surface area (Å²) in [6, 6.07) is 25.2. The van der Waals surface area contributed by atoms with Gasteiger partial charge in [-0.3, -0.25) is 4.79 Å². The van der Waals surface area contributed by atoms with Crippen LogP contribution in [0.4, 0.5) is 10.2 Å². The van der Waals surface area contributed by atoms with Crippen LogP contribution in [0.15, 0.2) is 90.1 Å². The molecule has 1 unspecified atom stereocenters. The fraction of sp³-hybridized carbons (Fsp3) is 0.294. The third kappa shape index (κ3) is 4.50. The lowest BCUT2D eigenvalue weighted by molar-refractivity contribution is -0.118. The van der Waals surface area contributed by atoms with Crippen molar-refractivity contribution in [3.63, 3.8) is 0 Å². The van der Waals surface area contributed by atoms with E-state index in [9.17, 15) is 9.18 Å². The molecule has 4 aromatic rings. The van der Waals surface area contributed by atoms with Crippen LogP contribution in [0.2, 0.25) is 0 Å². The van der Waals surface area contributed by atoms with Gasteiger partial charge < -0.3 is 5.32 Å². The van der Waals surface area contributed by atoms with E-state index in [1.807, 2.05) is 35.0 Å². The monoisotopic (exact) mass is 519 g/mol. The Morgan fingerprint density at radius 2 is 1.59 bits per heavy atom. The van der Waals surface area contributed by atoms with Crippen LogP contribution >= 0.6 is 0 Å². The number of nitrogens with zero attached hydrogens (tertiary/aromatic N) is 2. The molecule has 1 aliphatic carbocycles. The molecule has 1 atom stereocenters. The smallest absolute Gasteiger partial charge is 0.162 e. The van der Waals surface area contributed by atoms with Gasteiger partial charge in [-0.25, -0.2) is 9.07 Å². The van der Waals surface area contributed by atoms with Crippen molar-refractivity contribution in [1.29, 1.82) is 0 Å². The Morgan fingerprint density at radius 1 is 0.923 bits per heavy atom. The van der Waals surface area contributed by atoms with Crippen molar-refractivity contribution in [3.8, 4) is 16.9 Å². The summed E-state index contributed by atoms with van der Waals surface area (Å²) in [5, 5.41) is 8.77. The number of benzene rings is 3. The molecule has 0 amide bonds. The Balaban J connectivity index is 1.64. The summed E-state index contributed by atoms with van der Waals surface area (Å²) in [5.74, 6) is 0.447. The van der Waals surface area contributed by atoms with Gasteiger partial charge in [-0.05, 0) is 52.6 Å². The molecular weight excluding hydrogens is 485 g/mol. The van der Waals surface area contributed by atoms with Gasteiger partial charge in [0.15, 0.2) is 5.78 Å². The van der Waals surface area contributed by atoms with Crippen LogP contribution in [0.1, 0.15) is 70.1 Å². The van der Waals surface area contributed by atoms with Crippen molar-refractivity contribution in [1.82, 2.24) is 9.78 Å². The van der Waals surface area contributed by atoms with E-state index >= 15 is 0 Å². The molecule has 3 aromatic carbocycles. The molecule has 0 saturated carbocycles. The van der Waals surface area contributed by atoms with E-state index in [0.29, 0.717) is 6.42 Å². The molecule has 1 aromatic heterocycles. The van der Waals surface area contributed by atoms with Crippen LogP contribution in [0, 0.1) is 11.2 Å². The first-order chi connectivity index (χ1) is 18.5. The molecule has 4 nitrogen and oxygen atoms in total. The van der Waals surface area contributed by atoms with Crippen LogP contribution in [-0.2, 0) is 10.2 Å². The van der Waals surface area contributed by atoms with Crippen LogP contribution in [-0.4, -0.2) is 15.6 Å². The number of hydrogen-bond acceptors (Lipinski definition) is 3. The molecule has 0 fully saturated rings. The highest BCUT2D eigenvalue weighted by atomic mass is 19.1. The van der Waals surface area contributed by atoms with Gasteiger partial charge in [0, 0.05) is 34.7 Å². The number of nitrogens with one attached hydrogen (secondary N) is 1. The van der Waals surface area contributed by atoms with Gasteiger partial charge in [-0.1, -0.05) is 89.2 Å². The number of rotatable bonds is 3. The summed E-state index contributed by atoms with van der Waals surface area (Å²) < 4.78 is 15.7. The molecule has 39 heavy (non-hydrogen) atoms. The number of Topliss-reactive ketones (excluding diaryl/α,β-unsaturated/α-hetero) is 1. The van der Waals surface area contributed by atoms with Gasteiger partial charge in [-0.2, -0.15) is 5.10 Å². The standard InChI is InChI=1S/C34H34FN3O/c1-33(2,3)23-13-11-21(12-14-23)28-29-26(19-34(4,5)20-27(29)39)36-32-30(28)31(22-9-7-6-8-10-22)37-38(32)25-17-15-24(35)16-18-25/h6-18,28,36H,19-20H2,1-5H3. The van der Waals surface area contributed by atoms with E-state index < -0.39 is 0 Å². The minimum Gasteiger partial charge on any atom is -0.343 e. The highest BCUT2D eigenvalue weighted by Crippen LogP contribution is 2.52. The fourth-order valence-corrected chi connectivity index (χ4v) is 5.98. The first-order valence-corrected chi connectivity index (χ1v) is 13.6. The second kappa shape index (κ2) is 9.04. The first kappa shape index (κ1) is 25.3. The maximum Gasteiger partial charge on any atom is 0.162 e. The number of aromatic nitrogens is 2. The van der Waals surface area contributed by atoms with Crippen LogP contribution in [0.5, 0.6) is 0 Å². The Hall–Kier alpha value is -3.99. The Morgan fingerprint density at radius 3 is 2.23 bits per heavy atom. The maximum absolute atomic E-state index is 13.9. The van der Waals surface area contributed by atoms with Gasteiger partial charge in [0.05, 0.1) is 11.4 Å². The number of ketones is 1. The lowest BCUT2D eigenvalue weighted by Gasteiger charge is -2.39. The molecule has 6 rings (SSSR count). The van der Waals surface area contributed by atoms with Crippen LogP contribution in [0.3, 0.4) is 0 Å². The molecule has 2 aliphatic rings. The van der Waals surface area contributed by atoms with Gasteiger partial charge in [0.25, 0.3) is 0 Å². The lowest BCUT2D eigenvalue weighted by Crippen LogP contribution is -2.34. The van der Waals surface area contributed by atoms with Crippen LogP contribution in [0.25, 0.3) is 16.9 Å². The Bertz CT molecular complexity index is 1590. The quantitative estimate of drug-likeness (QED) is 0.297. The molecule has 198 valence electrons. The van der Waals surface area contributed by atoms with Crippen molar-refractivity contribution >= 4 is 11.6 Å². The topological polar surface area (TPSA) is 46.9 Å². The van der Waals surface area contributed by atoms with Crippen molar-refractivity contribution in [2.45, 2.75) is 58.8 Å². The number of carbonyl (C=O) groups excluding carboxylic acids is 1. The fourth-order valence-electron chi connectivity index (χ4n) is 5.98. The molecule has 0 bridgehead atoms. The third-order valence-corrected chi connectivity index (χ3v) is 7.92. The normalized spacial score (nSPS) is 18.4. The van der Waals surface area contributed by atoms with Crippen molar-refractivity contribution in [2.24, 2.45) is 5.41 Å². The zero-order chi connectivity index (χ0) is 27.5. The number of fused-ring (bicyclic) bond motifs is 1. The van der Waals surface area contributed by atoms with E-state index in [4.69, 9.17) is 5.10 Å². The first-order valence-electron chi connectivity index (χ1n) is 13.6. The van der Waals surface area contributed by atoms with Gasteiger partial charge in [0.2, 0.25) is 0 Å². The third-order valence-electron chi connectivity index (χ3n) is 7.92. The van der Waals surface area contributed by atoms with E-state index in [-0.39, 0.29) is 28.3 Å². The predicted octanol–water partition coefficient (Wildman–Crippen LogP) is 8.18. The number of carbonyl (C=O) groups is 1. The van der Waals surface area contributed by atoms with E-state index in [1.54, 1.807) is 12.1 Å². The average molecular weight is 520 g/mol. The van der Waals surface area contributed by atoms with Crippen molar-refractivity contribution in [2.75, 3.05) is 5.32 Å². The van der Waals surface area contributed by atoms with Crippen molar-refractivity contribution in [3.05, 3.63) is 113 Å². The minimum absolute atomic E-state index is 0.0234. The van der Waals surface area contributed by atoms with E-state index in [2.05, 4.69) is 64.2 Å². The highest BCUT2D eigenvalue weighted by Gasteiger charge is 2.43. The highest BCUT2D eigenvalue weighted by molar-refractivity contribution is 6.02. The molecule has 1 N–H and O–H groups in total. The second-order valence-electron chi connectivity index (χ2n) is 12.6. The Labute approximate surface area is 229 Å². The van der Waals surface area contributed by atoms with E-state index in [0.717, 1.165) is 51.6 Å². The lowest BCUT2D eigenvalue weighted by atomic mass is 9.68. The molecule has 2 heterocycles. The van der Waals surface area contributed by atoms with Crippen molar-refractivity contribution < 1.29 is 9.18 Å². The van der Waals surface area contributed by atoms with Gasteiger partial charge >= 0.3 is 0 Å². The number of hydrogen-bond donors (Lipinski definition) is 1. The van der Waals surface area contributed by atoms with E-state index in [1.165, 1.54) is 17.7 Å². The molecule has 0 saturated heterocycles. The number of halogens is 1. The minimum atomic E-state index is -0.294. The molecule has 1 aliphatic heterocycles. The zero-order valence-corrected chi connectivity index (χ0v) is 23.2. The summed E-state index contributed by atoms with van der Waals surface area (Å²) in [5.41, 5.74) is 7.50. The summed E-state index contributed by atoms with van der Waals surface area (Å²) in [6.07, 6.45) is 1.27. The predicted molar refractivity (Wildman–Crippen MR) is 155 cm³/mol. The Kier molecular flexibility index (Phi) is 5.87. The summed E-state index contributed by atoms with van der Waals surface area (Å²) in [6.45, 7) is 10.9. The number of anilines is 1. The number of allylic oxidation sites excluding steroid dienone is 2. The zero-order valence-electron chi connectivity index (χ0n) is 23.2. The van der Waals surface area contributed by atoms with Gasteiger partial charge in [-0.15, -0.1) is 0 Å². The second-order valence-corrected chi connectivity index (χ2v) is 12.6. The molecular formula is C34H34FN3O. The maximum atomic E-state index is 13.9. The van der Waals surface area contributed by atoms with Gasteiger partial charge in [0.1, 0.15) is 11.6 Å². The summed E-state index contributed by atoms with van der Waals surface area (Å²) in [7, 11) is 0. The summed E-state index contributed by atoms with van der Waals surface area (Å²) in [4.78, 5) is 13.9. The van der Waals surface area contributed by atoms with Crippen LogP contribution < -0.4 is 5.32 Å².